The number of amidine groups is 1. The highest BCUT2D eigenvalue weighted by atomic mass is 31.2. The van der Waals surface area contributed by atoms with E-state index in [2.05, 4.69) is 63.7 Å². The summed E-state index contributed by atoms with van der Waals surface area (Å²) < 4.78 is 7.19. The van der Waals surface area contributed by atoms with Crippen LogP contribution < -0.4 is 0 Å². The summed E-state index contributed by atoms with van der Waals surface area (Å²) in [6, 6.07) is 14.4. The molecule has 0 saturated heterocycles. The van der Waals surface area contributed by atoms with Crippen molar-refractivity contribution in [1.29, 1.82) is 0 Å². The molecule has 2 aromatic heterocycles. The third-order valence-corrected chi connectivity index (χ3v) is 7.26. The number of imidazole rings is 1. The van der Waals surface area contributed by atoms with Gasteiger partial charge in [0.05, 0.1) is 23.3 Å². The number of aromatic nitrogens is 3. The summed E-state index contributed by atoms with van der Waals surface area (Å²) in [5.41, 5.74) is 3.19. The first-order valence-corrected chi connectivity index (χ1v) is 10.2. The van der Waals surface area contributed by atoms with E-state index >= 15 is 0 Å². The molecule has 0 bridgehead atoms. The number of benzene rings is 1. The van der Waals surface area contributed by atoms with Gasteiger partial charge in [-0.25, -0.2) is 9.65 Å². The van der Waals surface area contributed by atoms with Crippen LogP contribution in [0.25, 0.3) is 11.0 Å². The monoisotopic (exact) mass is 386 g/mol. The summed E-state index contributed by atoms with van der Waals surface area (Å²) in [5.74, 6) is 1.80. The summed E-state index contributed by atoms with van der Waals surface area (Å²) in [6.07, 6.45) is 1.85. The molecule has 3 heterocycles. The van der Waals surface area contributed by atoms with Gasteiger partial charge in [0.15, 0.2) is 8.37 Å². The molecule has 0 fully saturated rings. The van der Waals surface area contributed by atoms with E-state index in [0.29, 0.717) is 0 Å². The molecule has 0 radical (unpaired) electrons. The van der Waals surface area contributed by atoms with Gasteiger partial charge in [0, 0.05) is 19.3 Å². The Kier molecular flexibility index (Phi) is 5.82. The number of nitrogens with zero attached hydrogens (tertiary/aromatic N) is 6. The Hall–Kier alpha value is -2.37. The highest BCUT2D eigenvalue weighted by molar-refractivity contribution is 7.52. The average molecular weight is 386 g/mol. The van der Waals surface area contributed by atoms with Gasteiger partial charge in [-0.05, 0) is 31.2 Å². The van der Waals surface area contributed by atoms with Crippen LogP contribution in [0.3, 0.4) is 0 Å². The molecule has 0 N–H and O–H groups in total. The molecule has 8 heteroatoms. The SMILES string of the molecule is CCN(CC)P1N(Cc2ccccn2)C(C)=Nc2nc3ccccc3n21.F. The molecular formula is C19H24FN6P. The number of aliphatic imine (C=N–C) groups is 1. The summed E-state index contributed by atoms with van der Waals surface area (Å²) in [6.45, 7) is 9.19. The third kappa shape index (κ3) is 3.45. The molecule has 3 aromatic rings. The van der Waals surface area contributed by atoms with Crippen LogP contribution in [0.2, 0.25) is 0 Å². The molecule has 0 saturated carbocycles. The van der Waals surface area contributed by atoms with Gasteiger partial charge >= 0.3 is 0 Å². The van der Waals surface area contributed by atoms with Gasteiger partial charge in [-0.3, -0.25) is 14.0 Å². The van der Waals surface area contributed by atoms with E-state index in [1.807, 2.05) is 24.4 Å². The fourth-order valence-electron chi connectivity index (χ4n) is 3.27. The standard InChI is InChI=1S/C19H23N6P.FH/c1-4-23(5-2)26-24(14-16-10-8-9-13-20-16)15(3)21-19-22-17-11-6-7-12-18(17)25(19)26;/h6-13H,4-5,14H2,1-3H3;1H. The van der Waals surface area contributed by atoms with Crippen LogP contribution in [0.15, 0.2) is 53.7 Å². The van der Waals surface area contributed by atoms with E-state index in [4.69, 9.17) is 9.98 Å². The van der Waals surface area contributed by atoms with Crippen molar-refractivity contribution in [1.82, 2.24) is 23.6 Å². The van der Waals surface area contributed by atoms with E-state index in [9.17, 15) is 0 Å². The first-order chi connectivity index (χ1) is 12.7. The summed E-state index contributed by atoms with van der Waals surface area (Å²) in [5, 5.41) is 0. The maximum Gasteiger partial charge on any atom is 0.238 e. The van der Waals surface area contributed by atoms with Gasteiger partial charge in [0.1, 0.15) is 5.84 Å². The highest BCUT2D eigenvalue weighted by Crippen LogP contribution is 2.53. The third-order valence-electron chi connectivity index (χ3n) is 4.57. The van der Waals surface area contributed by atoms with Crippen molar-refractivity contribution in [3.8, 4) is 0 Å². The highest BCUT2D eigenvalue weighted by Gasteiger charge is 2.34. The Labute approximate surface area is 159 Å². The van der Waals surface area contributed by atoms with Crippen LogP contribution in [0.1, 0.15) is 26.5 Å². The lowest BCUT2D eigenvalue weighted by Gasteiger charge is -2.41. The van der Waals surface area contributed by atoms with Crippen LogP contribution in [-0.2, 0) is 6.54 Å². The molecule has 4 rings (SSSR count). The molecule has 0 spiro atoms. The quantitative estimate of drug-likeness (QED) is 0.603. The van der Waals surface area contributed by atoms with Crippen molar-refractivity contribution in [3.63, 3.8) is 0 Å². The Balaban J connectivity index is 0.00000210. The van der Waals surface area contributed by atoms with Gasteiger partial charge < -0.3 is 4.67 Å². The first kappa shape index (κ1) is 19.4. The second-order valence-corrected chi connectivity index (χ2v) is 8.14. The van der Waals surface area contributed by atoms with Crippen LogP contribution in [0.4, 0.5) is 10.7 Å². The minimum absolute atomic E-state index is 0. The second-order valence-electron chi connectivity index (χ2n) is 6.16. The molecule has 1 aliphatic rings. The number of halogens is 1. The number of rotatable bonds is 5. The lowest BCUT2D eigenvalue weighted by Crippen LogP contribution is -2.36. The van der Waals surface area contributed by atoms with Crippen molar-refractivity contribution in [2.24, 2.45) is 4.99 Å². The van der Waals surface area contributed by atoms with Crippen LogP contribution in [0.5, 0.6) is 0 Å². The predicted molar refractivity (Wildman–Crippen MR) is 110 cm³/mol. The number of hydrogen-bond donors (Lipinski definition) is 0. The van der Waals surface area contributed by atoms with Crippen molar-refractivity contribution >= 4 is 31.2 Å². The maximum atomic E-state index is 4.82. The lowest BCUT2D eigenvalue weighted by atomic mass is 10.3. The predicted octanol–water partition coefficient (Wildman–Crippen LogP) is 4.57. The summed E-state index contributed by atoms with van der Waals surface area (Å²) in [4.78, 5) is 14.1. The number of fused-ring (bicyclic) bond motifs is 3. The molecule has 1 unspecified atom stereocenters. The largest absolute Gasteiger partial charge is 0.303 e. The van der Waals surface area contributed by atoms with Gasteiger partial charge in [-0.1, -0.05) is 32.0 Å². The van der Waals surface area contributed by atoms with Crippen LogP contribution >= 0.6 is 8.37 Å². The molecule has 1 atom stereocenters. The molecule has 0 amide bonds. The van der Waals surface area contributed by atoms with Gasteiger partial charge in [-0.2, -0.15) is 4.99 Å². The molecular weight excluding hydrogens is 362 g/mol. The second kappa shape index (κ2) is 8.11. The minimum atomic E-state index is -0.790. The van der Waals surface area contributed by atoms with Crippen molar-refractivity contribution < 1.29 is 4.70 Å². The van der Waals surface area contributed by atoms with E-state index in [0.717, 1.165) is 48.1 Å². The Morgan fingerprint density at radius 1 is 1.04 bits per heavy atom. The Morgan fingerprint density at radius 3 is 2.48 bits per heavy atom. The lowest BCUT2D eigenvalue weighted by molar-refractivity contribution is 0.456. The average Bonchev–Trinajstić information content (AvgIpc) is 3.03. The van der Waals surface area contributed by atoms with Crippen LogP contribution in [-0.4, -0.2) is 42.6 Å². The molecule has 27 heavy (non-hydrogen) atoms. The number of para-hydroxylation sites is 2. The zero-order valence-electron chi connectivity index (χ0n) is 15.8. The minimum Gasteiger partial charge on any atom is -0.303 e. The van der Waals surface area contributed by atoms with E-state index in [1.54, 1.807) is 0 Å². The van der Waals surface area contributed by atoms with Crippen LogP contribution in [0, 0.1) is 0 Å². The van der Waals surface area contributed by atoms with E-state index in [-0.39, 0.29) is 4.70 Å². The number of hydrogen-bond acceptors (Lipinski definition) is 5. The summed E-state index contributed by atoms with van der Waals surface area (Å²) >= 11 is 0. The van der Waals surface area contributed by atoms with Crippen molar-refractivity contribution in [2.75, 3.05) is 13.1 Å². The fourth-order valence-corrected chi connectivity index (χ4v) is 5.73. The topological polar surface area (TPSA) is 49.6 Å². The van der Waals surface area contributed by atoms with E-state index in [1.165, 1.54) is 0 Å². The maximum absolute atomic E-state index is 4.82. The zero-order chi connectivity index (χ0) is 18.1. The summed E-state index contributed by atoms with van der Waals surface area (Å²) in [7, 11) is -0.790. The Bertz CT molecular complexity index is 938. The fraction of sp³-hybridized carbons (Fsp3) is 0.316. The van der Waals surface area contributed by atoms with Gasteiger partial charge in [-0.15, -0.1) is 0 Å². The zero-order valence-corrected chi connectivity index (χ0v) is 16.7. The van der Waals surface area contributed by atoms with Crippen molar-refractivity contribution in [2.45, 2.75) is 27.3 Å². The molecule has 142 valence electrons. The van der Waals surface area contributed by atoms with E-state index < -0.39 is 8.37 Å². The van der Waals surface area contributed by atoms with Crippen molar-refractivity contribution in [3.05, 3.63) is 54.4 Å². The van der Waals surface area contributed by atoms with Gasteiger partial charge in [0.25, 0.3) is 0 Å². The smallest absolute Gasteiger partial charge is 0.238 e. The van der Waals surface area contributed by atoms with Gasteiger partial charge in [0.2, 0.25) is 5.95 Å². The molecule has 6 nitrogen and oxygen atoms in total. The Morgan fingerprint density at radius 2 is 1.78 bits per heavy atom. The molecule has 1 aliphatic heterocycles. The molecule has 0 aliphatic carbocycles. The first-order valence-electron chi connectivity index (χ1n) is 8.98. The normalized spacial score (nSPS) is 16.2. The molecule has 1 aromatic carbocycles. The number of pyridine rings is 1.